The van der Waals surface area contributed by atoms with E-state index in [1.54, 1.807) is 37.5 Å². The molecule has 0 unspecified atom stereocenters. The number of ether oxygens (including phenoxy) is 2. The van der Waals surface area contributed by atoms with Crippen molar-refractivity contribution in [3.63, 3.8) is 0 Å². The Hall–Kier alpha value is -3.63. The molecule has 0 N–H and O–H groups in total. The van der Waals surface area contributed by atoms with E-state index in [4.69, 9.17) is 9.26 Å². The first kappa shape index (κ1) is 22.1. The number of alkyl halides is 3. The van der Waals surface area contributed by atoms with Crippen LogP contribution in [0.4, 0.5) is 13.2 Å². The molecule has 3 rings (SSSR count). The van der Waals surface area contributed by atoms with Gasteiger partial charge in [-0.3, -0.25) is 9.36 Å². The minimum absolute atomic E-state index is 0.0318. The van der Waals surface area contributed by atoms with Crippen LogP contribution < -0.4 is 4.74 Å². The number of rotatable bonds is 7. The number of ketones is 1. The Labute approximate surface area is 174 Å². The van der Waals surface area contributed by atoms with E-state index in [-0.39, 0.29) is 11.4 Å². The lowest BCUT2D eigenvalue weighted by molar-refractivity contribution is -0.154. The van der Waals surface area contributed by atoms with Crippen molar-refractivity contribution in [2.24, 2.45) is 0 Å². The maximum Gasteiger partial charge on any atom is 0.422 e. The second-order valence-electron chi connectivity index (χ2n) is 6.70. The lowest BCUT2D eigenvalue weighted by atomic mass is 10.1. The van der Waals surface area contributed by atoms with Gasteiger partial charge in [0.05, 0.1) is 5.56 Å². The zero-order valence-corrected chi connectivity index (χ0v) is 16.8. The van der Waals surface area contributed by atoms with Gasteiger partial charge in [-0.25, -0.2) is 9.78 Å². The van der Waals surface area contributed by atoms with E-state index in [9.17, 15) is 22.8 Å². The number of aryl methyl sites for hydroxylation is 2. The third-order valence-corrected chi connectivity index (χ3v) is 4.27. The van der Waals surface area contributed by atoms with Gasteiger partial charge >= 0.3 is 12.1 Å². The molecule has 0 bridgehead atoms. The third-order valence-electron chi connectivity index (χ3n) is 4.27. The number of hydrogen-bond acceptors (Lipinski definition) is 7. The number of carbonyl (C=O) groups is 2. The fourth-order valence-corrected chi connectivity index (χ4v) is 2.89. The van der Waals surface area contributed by atoms with Crippen molar-refractivity contribution < 1.29 is 36.8 Å². The molecular weight excluding hydrogens is 419 g/mol. The van der Waals surface area contributed by atoms with Crippen molar-refractivity contribution in [2.45, 2.75) is 26.9 Å². The smallest absolute Gasteiger partial charge is 0.422 e. The number of aromatic nitrogens is 3. The van der Waals surface area contributed by atoms with E-state index >= 15 is 0 Å². The monoisotopic (exact) mass is 437 g/mol. The van der Waals surface area contributed by atoms with Crippen LogP contribution in [0, 0.1) is 20.8 Å². The number of pyridine rings is 1. The van der Waals surface area contributed by atoms with Gasteiger partial charge in [0.2, 0.25) is 11.7 Å². The van der Waals surface area contributed by atoms with Crippen LogP contribution in [0.5, 0.6) is 5.88 Å². The summed E-state index contributed by atoms with van der Waals surface area (Å²) in [5.74, 6) is -0.411. The quantitative estimate of drug-likeness (QED) is 0.410. The third kappa shape index (κ3) is 5.30. The number of hydrogen-bond donors (Lipinski definition) is 0. The molecule has 0 spiro atoms. The maximum atomic E-state index is 12.6. The van der Waals surface area contributed by atoms with E-state index < -0.39 is 31.1 Å². The van der Waals surface area contributed by atoms with Crippen molar-refractivity contribution in [1.29, 1.82) is 0 Å². The molecule has 11 heteroatoms. The fourth-order valence-electron chi connectivity index (χ4n) is 2.89. The normalized spacial score (nSPS) is 11.4. The molecule has 0 amide bonds. The zero-order valence-electron chi connectivity index (χ0n) is 16.8. The molecule has 31 heavy (non-hydrogen) atoms. The van der Waals surface area contributed by atoms with Gasteiger partial charge in [-0.15, -0.1) is 0 Å². The molecule has 3 aromatic heterocycles. The van der Waals surface area contributed by atoms with Crippen LogP contribution in [0.15, 0.2) is 35.0 Å². The van der Waals surface area contributed by atoms with Crippen molar-refractivity contribution in [2.75, 3.05) is 13.2 Å². The van der Waals surface area contributed by atoms with E-state index in [2.05, 4.69) is 14.9 Å². The highest BCUT2D eigenvalue weighted by atomic mass is 19.4. The summed E-state index contributed by atoms with van der Waals surface area (Å²) in [4.78, 5) is 28.3. The topological polar surface area (TPSA) is 96.5 Å². The van der Waals surface area contributed by atoms with Crippen LogP contribution in [-0.2, 0) is 4.74 Å². The van der Waals surface area contributed by atoms with Gasteiger partial charge in [0, 0.05) is 35.3 Å². The Bertz CT molecular complexity index is 1100. The molecule has 0 atom stereocenters. The van der Waals surface area contributed by atoms with Crippen molar-refractivity contribution in [3.05, 3.63) is 58.7 Å². The van der Waals surface area contributed by atoms with E-state index in [0.717, 1.165) is 18.0 Å². The van der Waals surface area contributed by atoms with Crippen LogP contribution in [0.1, 0.15) is 37.9 Å². The number of esters is 1. The van der Waals surface area contributed by atoms with Crippen LogP contribution >= 0.6 is 0 Å². The first-order valence-corrected chi connectivity index (χ1v) is 9.03. The van der Waals surface area contributed by atoms with Crippen molar-refractivity contribution in [3.8, 4) is 11.7 Å². The summed E-state index contributed by atoms with van der Waals surface area (Å²) >= 11 is 0. The molecule has 8 nitrogen and oxygen atoms in total. The Morgan fingerprint density at radius 2 is 1.90 bits per heavy atom. The predicted octanol–water partition coefficient (Wildman–Crippen LogP) is 3.77. The van der Waals surface area contributed by atoms with E-state index in [1.165, 1.54) is 6.07 Å². The molecule has 0 radical (unpaired) electrons. The first-order valence-electron chi connectivity index (χ1n) is 9.03. The Morgan fingerprint density at radius 1 is 1.16 bits per heavy atom. The van der Waals surface area contributed by atoms with E-state index in [1.807, 2.05) is 0 Å². The minimum atomic E-state index is -4.50. The van der Waals surface area contributed by atoms with Crippen LogP contribution in [0.3, 0.4) is 0 Å². The number of halogens is 3. The summed E-state index contributed by atoms with van der Waals surface area (Å²) in [6.07, 6.45) is -3.49. The first-order chi connectivity index (χ1) is 14.5. The standard InChI is InChI=1S/C20H18F3N3O5/c1-11-6-15(13(3)26(11)17-7-12(2)31-25-17)16(27)9-29-19(28)14-4-5-18(24-8-14)30-10-20(21,22)23/h4-8H,9-10H2,1-3H3. The summed E-state index contributed by atoms with van der Waals surface area (Å²) < 4.78 is 52.8. The van der Waals surface area contributed by atoms with Crippen LogP contribution in [-0.4, -0.2) is 45.9 Å². The molecule has 164 valence electrons. The van der Waals surface area contributed by atoms with Crippen LogP contribution in [0.25, 0.3) is 5.82 Å². The Morgan fingerprint density at radius 3 is 2.48 bits per heavy atom. The molecular formula is C20H18F3N3O5. The molecule has 0 aromatic carbocycles. The predicted molar refractivity (Wildman–Crippen MR) is 100 cm³/mol. The maximum absolute atomic E-state index is 12.6. The highest BCUT2D eigenvalue weighted by molar-refractivity contribution is 6.00. The second kappa shape index (κ2) is 8.62. The zero-order chi connectivity index (χ0) is 22.8. The SMILES string of the molecule is Cc1cc(-n2c(C)cc(C(=O)COC(=O)c3ccc(OCC(F)(F)F)nc3)c2C)no1. The van der Waals surface area contributed by atoms with Gasteiger partial charge in [0.25, 0.3) is 0 Å². The minimum Gasteiger partial charge on any atom is -0.468 e. The summed E-state index contributed by atoms with van der Waals surface area (Å²) in [6, 6.07) is 5.69. The lowest BCUT2D eigenvalue weighted by Crippen LogP contribution is -2.19. The molecule has 3 aromatic rings. The average Bonchev–Trinajstić information content (AvgIpc) is 3.26. The largest absolute Gasteiger partial charge is 0.468 e. The van der Waals surface area contributed by atoms with E-state index in [0.29, 0.717) is 22.8 Å². The highest BCUT2D eigenvalue weighted by Gasteiger charge is 2.28. The molecule has 0 aliphatic rings. The van der Waals surface area contributed by atoms with Gasteiger partial charge in [-0.2, -0.15) is 13.2 Å². The molecule has 3 heterocycles. The number of carbonyl (C=O) groups excluding carboxylic acids is 2. The molecule has 0 saturated heterocycles. The number of Topliss-reactive ketones (excluding diaryl/α,β-unsaturated/α-hetero) is 1. The van der Waals surface area contributed by atoms with Crippen molar-refractivity contribution in [1.82, 2.24) is 14.7 Å². The van der Waals surface area contributed by atoms with Gasteiger partial charge in [-0.1, -0.05) is 5.16 Å². The Balaban J connectivity index is 1.62. The molecule has 0 aliphatic heterocycles. The summed E-state index contributed by atoms with van der Waals surface area (Å²) in [6.45, 7) is 3.27. The lowest BCUT2D eigenvalue weighted by Gasteiger charge is -2.08. The summed E-state index contributed by atoms with van der Waals surface area (Å²) in [5.41, 5.74) is 1.69. The molecule has 0 aliphatic carbocycles. The number of nitrogens with zero attached hydrogens (tertiary/aromatic N) is 3. The molecule has 0 fully saturated rings. The van der Waals surface area contributed by atoms with Crippen LogP contribution in [0.2, 0.25) is 0 Å². The van der Waals surface area contributed by atoms with Gasteiger partial charge in [-0.05, 0) is 32.9 Å². The fraction of sp³-hybridized carbons (Fsp3) is 0.300. The highest BCUT2D eigenvalue weighted by Crippen LogP contribution is 2.21. The van der Waals surface area contributed by atoms with Gasteiger partial charge < -0.3 is 14.0 Å². The summed E-state index contributed by atoms with van der Waals surface area (Å²) in [5, 5.41) is 3.94. The van der Waals surface area contributed by atoms with Crippen molar-refractivity contribution >= 4 is 11.8 Å². The summed E-state index contributed by atoms with van der Waals surface area (Å²) in [7, 11) is 0. The van der Waals surface area contributed by atoms with Gasteiger partial charge in [0.15, 0.2) is 19.0 Å². The molecule has 0 saturated carbocycles. The Kier molecular flexibility index (Phi) is 6.14. The average molecular weight is 437 g/mol. The second-order valence-corrected chi connectivity index (χ2v) is 6.70. The van der Waals surface area contributed by atoms with Gasteiger partial charge in [0.1, 0.15) is 5.76 Å².